The molecule has 0 spiro atoms. The van der Waals surface area contributed by atoms with Crippen LogP contribution in [0.3, 0.4) is 0 Å². The van der Waals surface area contributed by atoms with Gasteiger partial charge in [-0.1, -0.05) is 0 Å². The van der Waals surface area contributed by atoms with Gasteiger partial charge in [-0.05, 0) is 25.7 Å². The highest BCUT2D eigenvalue weighted by molar-refractivity contribution is 7.89. The maximum absolute atomic E-state index is 12.5. The molecule has 106 valence electrons. The lowest BCUT2D eigenvalue weighted by Gasteiger charge is -2.23. The van der Waals surface area contributed by atoms with Crippen molar-refractivity contribution in [3.8, 4) is 0 Å². The highest BCUT2D eigenvalue weighted by atomic mass is 32.2. The topological polar surface area (TPSA) is 90.5 Å². The van der Waals surface area contributed by atoms with E-state index < -0.39 is 15.5 Å². The zero-order valence-corrected chi connectivity index (χ0v) is 11.4. The SMILES string of the molecule is O=c1cc[nH]cc1S(=O)(=O)N1CCCC1CCCO. The molecule has 2 heterocycles. The van der Waals surface area contributed by atoms with Crippen LogP contribution in [-0.4, -0.2) is 42.0 Å². The maximum atomic E-state index is 12.5. The van der Waals surface area contributed by atoms with Gasteiger partial charge in [-0.2, -0.15) is 4.31 Å². The van der Waals surface area contributed by atoms with Crippen LogP contribution in [0.1, 0.15) is 25.7 Å². The molecular formula is C12H18N2O4S. The smallest absolute Gasteiger partial charge is 0.248 e. The Balaban J connectivity index is 2.29. The number of rotatable bonds is 5. The number of sulfonamides is 1. The van der Waals surface area contributed by atoms with E-state index >= 15 is 0 Å². The third-order valence-electron chi connectivity index (χ3n) is 3.39. The van der Waals surface area contributed by atoms with E-state index in [0.717, 1.165) is 12.8 Å². The highest BCUT2D eigenvalue weighted by Gasteiger charge is 2.35. The average molecular weight is 286 g/mol. The highest BCUT2D eigenvalue weighted by Crippen LogP contribution is 2.27. The second-order valence-electron chi connectivity index (χ2n) is 4.65. The lowest BCUT2D eigenvalue weighted by atomic mass is 10.1. The van der Waals surface area contributed by atoms with Gasteiger partial charge in [-0.25, -0.2) is 8.42 Å². The Morgan fingerprint density at radius 3 is 2.95 bits per heavy atom. The fraction of sp³-hybridized carbons (Fsp3) is 0.583. The fourth-order valence-corrected chi connectivity index (χ4v) is 4.23. The van der Waals surface area contributed by atoms with Crippen LogP contribution >= 0.6 is 0 Å². The summed E-state index contributed by atoms with van der Waals surface area (Å²) in [6, 6.07) is 1.10. The van der Waals surface area contributed by atoms with Crippen molar-refractivity contribution in [1.29, 1.82) is 0 Å². The molecule has 1 aliphatic heterocycles. The molecule has 1 atom stereocenters. The van der Waals surface area contributed by atoms with E-state index in [2.05, 4.69) is 4.98 Å². The van der Waals surface area contributed by atoms with E-state index in [0.29, 0.717) is 19.4 Å². The summed E-state index contributed by atoms with van der Waals surface area (Å²) in [6.07, 6.45) is 5.42. The Labute approximate surface area is 112 Å². The largest absolute Gasteiger partial charge is 0.396 e. The Bertz CT molecular complexity index is 581. The van der Waals surface area contributed by atoms with Crippen molar-refractivity contribution in [2.75, 3.05) is 13.2 Å². The van der Waals surface area contributed by atoms with E-state index in [1.165, 1.54) is 22.8 Å². The molecule has 1 aromatic rings. The van der Waals surface area contributed by atoms with Crippen molar-refractivity contribution in [1.82, 2.24) is 9.29 Å². The first-order chi connectivity index (χ1) is 9.07. The number of nitrogens with one attached hydrogen (secondary N) is 1. The number of aliphatic hydroxyl groups is 1. The van der Waals surface area contributed by atoms with E-state index in [9.17, 15) is 13.2 Å². The number of hydrogen-bond acceptors (Lipinski definition) is 4. The number of aromatic nitrogens is 1. The molecule has 1 aromatic heterocycles. The number of nitrogens with zero attached hydrogens (tertiary/aromatic N) is 1. The predicted octanol–water partition coefficient (Wildman–Crippen LogP) is 0.301. The second-order valence-corrected chi connectivity index (χ2v) is 6.51. The van der Waals surface area contributed by atoms with Crippen LogP contribution < -0.4 is 5.43 Å². The molecule has 2 N–H and O–H groups in total. The van der Waals surface area contributed by atoms with Crippen molar-refractivity contribution in [2.45, 2.75) is 36.6 Å². The molecule has 0 radical (unpaired) electrons. The van der Waals surface area contributed by atoms with E-state index in [4.69, 9.17) is 5.11 Å². The number of hydrogen-bond donors (Lipinski definition) is 2. The normalized spacial score (nSPS) is 20.8. The number of H-pyrrole nitrogens is 1. The summed E-state index contributed by atoms with van der Waals surface area (Å²) >= 11 is 0. The molecular weight excluding hydrogens is 268 g/mol. The molecule has 0 bridgehead atoms. The third kappa shape index (κ3) is 2.88. The molecule has 7 heteroatoms. The van der Waals surface area contributed by atoms with Crippen molar-refractivity contribution in [2.24, 2.45) is 0 Å². The van der Waals surface area contributed by atoms with Gasteiger partial charge in [-0.15, -0.1) is 0 Å². The molecule has 1 saturated heterocycles. The molecule has 0 aromatic carbocycles. The molecule has 19 heavy (non-hydrogen) atoms. The Morgan fingerprint density at radius 2 is 2.26 bits per heavy atom. The van der Waals surface area contributed by atoms with Gasteiger partial charge in [0, 0.05) is 37.7 Å². The van der Waals surface area contributed by atoms with Gasteiger partial charge >= 0.3 is 0 Å². The molecule has 0 aliphatic carbocycles. The Hall–Kier alpha value is -1.18. The number of pyridine rings is 1. The second kappa shape index (κ2) is 5.85. The monoisotopic (exact) mass is 286 g/mol. The third-order valence-corrected chi connectivity index (χ3v) is 5.37. The Kier molecular flexibility index (Phi) is 4.38. The molecule has 0 saturated carbocycles. The number of aliphatic hydroxyl groups excluding tert-OH is 1. The summed E-state index contributed by atoms with van der Waals surface area (Å²) in [4.78, 5) is 14.1. The van der Waals surface area contributed by atoms with Crippen LogP contribution in [0.15, 0.2) is 28.2 Å². The summed E-state index contributed by atoms with van der Waals surface area (Å²) in [5.41, 5.74) is -0.494. The van der Waals surface area contributed by atoms with Gasteiger partial charge in [-0.3, -0.25) is 4.79 Å². The van der Waals surface area contributed by atoms with Crippen LogP contribution in [0.2, 0.25) is 0 Å². The quantitative estimate of drug-likeness (QED) is 0.814. The molecule has 1 aliphatic rings. The predicted molar refractivity (Wildman–Crippen MR) is 70.3 cm³/mol. The summed E-state index contributed by atoms with van der Waals surface area (Å²) in [7, 11) is -3.74. The first kappa shape index (κ1) is 14.2. The lowest BCUT2D eigenvalue weighted by molar-refractivity contribution is 0.264. The van der Waals surface area contributed by atoms with Crippen LogP contribution in [0.25, 0.3) is 0 Å². The van der Waals surface area contributed by atoms with E-state index in [-0.39, 0.29) is 17.5 Å². The van der Waals surface area contributed by atoms with E-state index in [1.807, 2.05) is 0 Å². The van der Waals surface area contributed by atoms with Crippen molar-refractivity contribution in [3.63, 3.8) is 0 Å². The molecule has 1 fully saturated rings. The van der Waals surface area contributed by atoms with Gasteiger partial charge in [0.1, 0.15) is 4.90 Å². The minimum atomic E-state index is -3.74. The first-order valence-electron chi connectivity index (χ1n) is 6.37. The summed E-state index contributed by atoms with van der Waals surface area (Å²) < 4.78 is 26.3. The van der Waals surface area contributed by atoms with Crippen molar-refractivity contribution >= 4 is 10.0 Å². The Morgan fingerprint density at radius 1 is 1.47 bits per heavy atom. The van der Waals surface area contributed by atoms with Crippen molar-refractivity contribution in [3.05, 3.63) is 28.7 Å². The van der Waals surface area contributed by atoms with Crippen molar-refractivity contribution < 1.29 is 13.5 Å². The summed E-state index contributed by atoms with van der Waals surface area (Å²) in [6.45, 7) is 0.489. The fourth-order valence-electron chi connectivity index (χ4n) is 2.47. The van der Waals surface area contributed by atoms with Gasteiger partial charge in [0.15, 0.2) is 0 Å². The average Bonchev–Trinajstić information content (AvgIpc) is 2.85. The zero-order chi connectivity index (χ0) is 13.9. The summed E-state index contributed by atoms with van der Waals surface area (Å²) in [5.74, 6) is 0. The van der Waals surface area contributed by atoms with Crippen LogP contribution in [0.4, 0.5) is 0 Å². The summed E-state index contributed by atoms with van der Waals surface area (Å²) in [5, 5.41) is 8.85. The maximum Gasteiger partial charge on any atom is 0.248 e. The van der Waals surface area contributed by atoms with E-state index in [1.54, 1.807) is 0 Å². The molecule has 1 unspecified atom stereocenters. The van der Waals surface area contributed by atoms with Gasteiger partial charge in [0.25, 0.3) is 0 Å². The van der Waals surface area contributed by atoms with Crippen LogP contribution in [-0.2, 0) is 10.0 Å². The first-order valence-corrected chi connectivity index (χ1v) is 7.81. The van der Waals surface area contributed by atoms with Crippen LogP contribution in [0.5, 0.6) is 0 Å². The number of aromatic amines is 1. The minimum Gasteiger partial charge on any atom is -0.396 e. The molecule has 0 amide bonds. The van der Waals surface area contributed by atoms with Crippen LogP contribution in [0, 0.1) is 0 Å². The zero-order valence-electron chi connectivity index (χ0n) is 10.6. The lowest BCUT2D eigenvalue weighted by Crippen LogP contribution is -2.37. The standard InChI is InChI=1S/C12H18N2O4S/c15-8-2-4-10-3-1-7-14(10)19(17,18)12-9-13-6-5-11(12)16/h5-6,9-10,15H,1-4,7-8H2,(H,13,16). The van der Waals surface area contributed by atoms with Gasteiger partial charge < -0.3 is 10.1 Å². The van der Waals surface area contributed by atoms with Gasteiger partial charge in [0.05, 0.1) is 0 Å². The molecule has 2 rings (SSSR count). The minimum absolute atomic E-state index is 0.0519. The van der Waals surface area contributed by atoms with Gasteiger partial charge in [0.2, 0.25) is 15.5 Å². The molecule has 6 nitrogen and oxygen atoms in total.